The first-order chi connectivity index (χ1) is 11.1. The van der Waals surface area contributed by atoms with Crippen LogP contribution in [-0.4, -0.2) is 50.1 Å². The molecule has 0 spiro atoms. The Bertz CT molecular complexity index is 507. The monoisotopic (exact) mass is 462 g/mol. The molecule has 0 aliphatic carbocycles. The number of hydrogen-bond acceptors (Lipinski definition) is 3. The summed E-state index contributed by atoms with van der Waals surface area (Å²) >= 11 is 1.76. The number of hydrogen-bond donors (Lipinski definition) is 2. The van der Waals surface area contributed by atoms with E-state index in [1.807, 2.05) is 7.05 Å². The third kappa shape index (κ3) is 7.11. The molecule has 1 unspecified atom stereocenters. The zero-order valence-corrected chi connectivity index (χ0v) is 18.2. The van der Waals surface area contributed by atoms with Crippen molar-refractivity contribution in [2.45, 2.75) is 38.6 Å². The van der Waals surface area contributed by atoms with Crippen LogP contribution in [0, 0.1) is 0 Å². The summed E-state index contributed by atoms with van der Waals surface area (Å²) in [5.74, 6) is 1.42. The molecule has 1 aliphatic heterocycles. The van der Waals surface area contributed by atoms with E-state index in [2.05, 4.69) is 57.8 Å². The average molecular weight is 462 g/mol. The molecule has 4 nitrogen and oxygen atoms in total. The van der Waals surface area contributed by atoms with E-state index in [0.717, 1.165) is 45.0 Å². The molecule has 1 fully saturated rings. The summed E-state index contributed by atoms with van der Waals surface area (Å²) in [5.41, 5.74) is 2.64. The summed E-state index contributed by atoms with van der Waals surface area (Å²) in [7, 11) is 1.85. The van der Waals surface area contributed by atoms with Gasteiger partial charge in [-0.2, -0.15) is 11.3 Å². The minimum absolute atomic E-state index is 0. The molecular weight excluding hydrogens is 431 g/mol. The summed E-state index contributed by atoms with van der Waals surface area (Å²) in [6, 6.07) is 2.71. The van der Waals surface area contributed by atoms with E-state index < -0.39 is 0 Å². The Morgan fingerprint density at radius 2 is 2.17 bits per heavy atom. The second-order valence-electron chi connectivity index (χ2n) is 6.56. The molecule has 1 aliphatic rings. The molecular formula is C18H31IN4S. The van der Waals surface area contributed by atoms with E-state index in [4.69, 9.17) is 0 Å². The summed E-state index contributed by atoms with van der Waals surface area (Å²) in [6.07, 6.45) is 2.32. The van der Waals surface area contributed by atoms with Crippen molar-refractivity contribution < 1.29 is 0 Å². The molecule has 1 atom stereocenters. The van der Waals surface area contributed by atoms with Gasteiger partial charge in [-0.3, -0.25) is 9.89 Å². The first kappa shape index (κ1) is 21.4. The van der Waals surface area contributed by atoms with Gasteiger partial charge in [-0.1, -0.05) is 19.1 Å². The highest BCUT2D eigenvalue weighted by molar-refractivity contribution is 14.0. The molecule has 0 saturated carbocycles. The van der Waals surface area contributed by atoms with Gasteiger partial charge in [0.15, 0.2) is 5.96 Å². The molecule has 2 rings (SSSR count). The van der Waals surface area contributed by atoms with Crippen LogP contribution < -0.4 is 10.6 Å². The molecule has 1 saturated heterocycles. The highest BCUT2D eigenvalue weighted by atomic mass is 127. The topological polar surface area (TPSA) is 39.7 Å². The maximum atomic E-state index is 4.37. The number of halogens is 1. The minimum atomic E-state index is 0. The first-order valence-corrected chi connectivity index (χ1v) is 9.38. The molecule has 1 aromatic rings. The number of nitrogens with zero attached hydrogens (tertiary/aromatic N) is 2. The summed E-state index contributed by atoms with van der Waals surface area (Å²) in [5, 5.41) is 11.4. The van der Waals surface area contributed by atoms with Crippen molar-refractivity contribution in [3.05, 3.63) is 34.5 Å². The molecule has 24 heavy (non-hydrogen) atoms. The van der Waals surface area contributed by atoms with Crippen LogP contribution in [0.5, 0.6) is 0 Å². The number of rotatable bonds is 6. The SMILES string of the molecule is C=C(C)CN1CCC(NC(=NC)NCC(C)c2ccsc2)CC1.I. The number of guanidine groups is 1. The van der Waals surface area contributed by atoms with Crippen LogP contribution in [0.3, 0.4) is 0 Å². The zero-order chi connectivity index (χ0) is 16.7. The van der Waals surface area contributed by atoms with Crippen LogP contribution in [0.4, 0.5) is 0 Å². The zero-order valence-electron chi connectivity index (χ0n) is 15.0. The van der Waals surface area contributed by atoms with Crippen molar-refractivity contribution in [1.29, 1.82) is 0 Å². The molecule has 6 heteroatoms. The molecule has 0 aromatic carbocycles. The van der Waals surface area contributed by atoms with Gasteiger partial charge in [0.1, 0.15) is 0 Å². The van der Waals surface area contributed by atoms with Crippen LogP contribution in [0.25, 0.3) is 0 Å². The third-order valence-corrected chi connectivity index (χ3v) is 5.03. The quantitative estimate of drug-likeness (QED) is 0.293. The van der Waals surface area contributed by atoms with E-state index in [0.29, 0.717) is 12.0 Å². The Hall–Kier alpha value is -0.600. The molecule has 1 aromatic heterocycles. The number of likely N-dealkylation sites (tertiary alicyclic amines) is 1. The van der Waals surface area contributed by atoms with E-state index in [1.165, 1.54) is 11.1 Å². The van der Waals surface area contributed by atoms with Gasteiger partial charge in [0, 0.05) is 39.3 Å². The van der Waals surface area contributed by atoms with Crippen LogP contribution in [0.15, 0.2) is 34.0 Å². The highest BCUT2D eigenvalue weighted by Gasteiger charge is 2.19. The lowest BCUT2D eigenvalue weighted by Crippen LogP contribution is -2.49. The fraction of sp³-hybridized carbons (Fsp3) is 0.611. The number of aliphatic imine (C=N–C) groups is 1. The maximum absolute atomic E-state index is 4.37. The summed E-state index contributed by atoms with van der Waals surface area (Å²) in [6.45, 7) is 12.6. The number of nitrogens with one attached hydrogen (secondary N) is 2. The van der Waals surface area contributed by atoms with Crippen LogP contribution >= 0.6 is 35.3 Å². The van der Waals surface area contributed by atoms with Gasteiger partial charge in [0.05, 0.1) is 0 Å². The van der Waals surface area contributed by atoms with Gasteiger partial charge in [0.2, 0.25) is 0 Å². The van der Waals surface area contributed by atoms with Crippen molar-refractivity contribution in [3.8, 4) is 0 Å². The number of piperidine rings is 1. The molecule has 0 amide bonds. The second kappa shape index (κ2) is 11.1. The normalized spacial score (nSPS) is 17.9. The van der Waals surface area contributed by atoms with Gasteiger partial charge in [0.25, 0.3) is 0 Å². The van der Waals surface area contributed by atoms with E-state index in [1.54, 1.807) is 11.3 Å². The van der Waals surface area contributed by atoms with E-state index >= 15 is 0 Å². The average Bonchev–Trinajstić information content (AvgIpc) is 3.06. The minimum Gasteiger partial charge on any atom is -0.356 e. The Labute approximate surface area is 167 Å². The van der Waals surface area contributed by atoms with Crippen molar-refractivity contribution in [2.75, 3.05) is 33.2 Å². The Morgan fingerprint density at radius 3 is 2.71 bits per heavy atom. The van der Waals surface area contributed by atoms with E-state index in [9.17, 15) is 0 Å². The Kier molecular flexibility index (Phi) is 9.92. The highest BCUT2D eigenvalue weighted by Crippen LogP contribution is 2.17. The van der Waals surface area contributed by atoms with Crippen molar-refractivity contribution >= 4 is 41.3 Å². The maximum Gasteiger partial charge on any atom is 0.191 e. The fourth-order valence-corrected chi connectivity index (χ4v) is 3.71. The van der Waals surface area contributed by atoms with E-state index in [-0.39, 0.29) is 24.0 Å². The van der Waals surface area contributed by atoms with Gasteiger partial charge in [-0.05, 0) is 48.1 Å². The Morgan fingerprint density at radius 1 is 1.46 bits per heavy atom. The van der Waals surface area contributed by atoms with Gasteiger partial charge in [-0.15, -0.1) is 24.0 Å². The third-order valence-electron chi connectivity index (χ3n) is 4.33. The largest absolute Gasteiger partial charge is 0.356 e. The summed E-state index contributed by atoms with van der Waals surface area (Å²) < 4.78 is 0. The predicted octanol–water partition coefficient (Wildman–Crippen LogP) is 3.68. The lowest BCUT2D eigenvalue weighted by molar-refractivity contribution is 0.221. The van der Waals surface area contributed by atoms with Gasteiger partial charge < -0.3 is 10.6 Å². The smallest absolute Gasteiger partial charge is 0.191 e. The molecule has 2 N–H and O–H groups in total. The Balaban J connectivity index is 0.00000288. The standard InChI is InChI=1S/C18H30N4S.HI/c1-14(2)12-22-8-5-17(6-9-22)21-18(19-4)20-11-15(3)16-7-10-23-13-16;/h7,10,13,15,17H,1,5-6,8-9,11-12H2,2-4H3,(H2,19,20,21);1H. The van der Waals surface area contributed by atoms with Gasteiger partial charge >= 0.3 is 0 Å². The van der Waals surface area contributed by atoms with Crippen molar-refractivity contribution in [1.82, 2.24) is 15.5 Å². The predicted molar refractivity (Wildman–Crippen MR) is 117 cm³/mol. The van der Waals surface area contributed by atoms with Gasteiger partial charge in [-0.25, -0.2) is 0 Å². The second-order valence-corrected chi connectivity index (χ2v) is 7.34. The van der Waals surface area contributed by atoms with Crippen LogP contribution in [-0.2, 0) is 0 Å². The molecule has 0 radical (unpaired) electrons. The van der Waals surface area contributed by atoms with Crippen molar-refractivity contribution in [3.63, 3.8) is 0 Å². The summed E-state index contributed by atoms with van der Waals surface area (Å²) in [4.78, 5) is 6.85. The lowest BCUT2D eigenvalue weighted by atomic mass is 10.0. The lowest BCUT2D eigenvalue weighted by Gasteiger charge is -2.33. The van der Waals surface area contributed by atoms with Crippen molar-refractivity contribution in [2.24, 2.45) is 4.99 Å². The molecule has 0 bridgehead atoms. The first-order valence-electron chi connectivity index (χ1n) is 8.44. The number of thiophene rings is 1. The van der Waals surface area contributed by atoms with Crippen LogP contribution in [0.1, 0.15) is 38.2 Å². The van der Waals surface area contributed by atoms with Crippen LogP contribution in [0.2, 0.25) is 0 Å². The fourth-order valence-electron chi connectivity index (χ4n) is 2.93. The molecule has 136 valence electrons. The molecule has 2 heterocycles.